The van der Waals surface area contributed by atoms with E-state index in [9.17, 15) is 29.1 Å². The van der Waals surface area contributed by atoms with Crippen LogP contribution in [0.3, 0.4) is 0 Å². The van der Waals surface area contributed by atoms with Crippen LogP contribution in [0.5, 0.6) is 0 Å². The Kier molecular flexibility index (Phi) is 21.5. The number of fused-ring (bicyclic) bond motifs is 1. The molecule has 1 aliphatic rings. The second-order valence-electron chi connectivity index (χ2n) is 12.0. The smallest absolute Gasteiger partial charge is 0.387 e. The van der Waals surface area contributed by atoms with Crippen LogP contribution < -0.4 is 5.73 Å². The Labute approximate surface area is 315 Å². The summed E-state index contributed by atoms with van der Waals surface area (Å²) in [5.41, 5.74) is 6.23. The molecule has 1 aliphatic heterocycles. The Morgan fingerprint density at radius 2 is 1.45 bits per heavy atom. The zero-order chi connectivity index (χ0) is 35.0. The number of hydrogen-bond acceptors (Lipinski definition) is 13. The molecule has 0 aromatic carbocycles. The molecule has 1 saturated heterocycles. The maximum Gasteiger partial charge on any atom is 0.481 e. The van der Waals surface area contributed by atoms with E-state index in [0.29, 0.717) is 6.61 Å². The number of ether oxygens (including phenoxy) is 2. The average Bonchev–Trinajstić information content (AvgIpc) is 3.59. The monoisotopic (exact) mass is 766 g/mol. The maximum atomic E-state index is 12.4. The number of halogens is 1. The fraction of sp³-hybridized carbons (Fsp3) is 0.828. The van der Waals surface area contributed by atoms with Crippen molar-refractivity contribution in [2.24, 2.45) is 0 Å². The molecule has 0 aliphatic carbocycles. The number of hydrogen-bond donors (Lipinski definition) is 5. The predicted octanol–water partition coefficient (Wildman–Crippen LogP) is 5.00. The summed E-state index contributed by atoms with van der Waals surface area (Å²) < 4.78 is 50.9. The zero-order valence-electron chi connectivity index (χ0n) is 28.6. The van der Waals surface area contributed by atoms with Crippen LogP contribution >= 0.6 is 27.2 Å². The predicted molar refractivity (Wildman–Crippen MR) is 185 cm³/mol. The number of nitrogens with zero attached hydrogens (tertiary/aromatic N) is 4. The number of aliphatic hydroxyl groups is 2. The first-order valence-corrected chi connectivity index (χ1v) is 20.2. The Morgan fingerprint density at radius 1 is 0.878 bits per heavy atom. The van der Waals surface area contributed by atoms with E-state index in [2.05, 4.69) is 26.2 Å². The molecule has 49 heavy (non-hydrogen) atoms. The molecule has 1 radical (unpaired) electrons. The minimum Gasteiger partial charge on any atom is -0.387 e. The van der Waals surface area contributed by atoms with Gasteiger partial charge in [-0.15, -0.1) is 11.6 Å². The standard InChI is InChI=1S/C29H52ClN5O11P2.Na/c1-2-3-4-5-6-7-8-9-10-11-12-13-14-15-16-42-17-22(30)18-43-47(38,39)46-48(40,41)44-19-23-25(36)26(37)29(45-23)35-21-34-24-27(31)32-20-33-28(24)35;/h20-23,25-26,29,36-37H,2-19H2,1H3,(H,38,39)(H,40,41)(H2,31,32,33);. The summed E-state index contributed by atoms with van der Waals surface area (Å²) in [6.07, 6.45) is 14.3. The molecule has 20 heteroatoms. The van der Waals surface area contributed by atoms with Gasteiger partial charge in [-0.25, -0.2) is 24.1 Å². The Balaban J connectivity index is 0.00000833. The van der Waals surface area contributed by atoms with Gasteiger partial charge in [0.05, 0.1) is 31.5 Å². The summed E-state index contributed by atoms with van der Waals surface area (Å²) in [5.74, 6) is 0.0916. The number of aliphatic hydroxyl groups excluding tert-OH is 2. The number of rotatable bonds is 26. The van der Waals surface area contributed by atoms with E-state index in [1.165, 1.54) is 87.9 Å². The Morgan fingerprint density at radius 3 is 2.06 bits per heavy atom. The first kappa shape index (κ1) is 44.9. The van der Waals surface area contributed by atoms with E-state index in [-0.39, 0.29) is 53.1 Å². The molecular weight excluding hydrogens is 715 g/mol. The molecular formula is C29H52ClN5NaO11P2. The van der Waals surface area contributed by atoms with Crippen molar-refractivity contribution in [2.75, 3.05) is 32.2 Å². The largest absolute Gasteiger partial charge is 0.481 e. The van der Waals surface area contributed by atoms with Crippen molar-refractivity contribution in [1.29, 1.82) is 0 Å². The number of phosphoric ester groups is 2. The number of alkyl halides is 1. The third-order valence-electron chi connectivity index (χ3n) is 7.97. The van der Waals surface area contributed by atoms with Gasteiger partial charge in [-0.05, 0) is 6.42 Å². The van der Waals surface area contributed by atoms with Crippen molar-refractivity contribution in [1.82, 2.24) is 19.5 Å². The summed E-state index contributed by atoms with van der Waals surface area (Å²) in [6.45, 7) is 1.47. The molecule has 2 aromatic rings. The first-order chi connectivity index (χ1) is 22.9. The summed E-state index contributed by atoms with van der Waals surface area (Å²) in [4.78, 5) is 31.9. The van der Waals surface area contributed by atoms with Crippen LogP contribution in [0.25, 0.3) is 11.2 Å². The normalized spacial score (nSPS) is 22.5. The number of nitrogens with two attached hydrogens (primary N) is 1. The molecule has 3 rings (SSSR count). The van der Waals surface area contributed by atoms with Crippen molar-refractivity contribution >= 4 is 73.8 Å². The Bertz CT molecular complexity index is 1320. The van der Waals surface area contributed by atoms with Crippen LogP contribution in [0, 0.1) is 0 Å². The number of anilines is 1. The minimum atomic E-state index is -5.19. The van der Waals surface area contributed by atoms with E-state index in [1.807, 2.05) is 0 Å². The summed E-state index contributed by atoms with van der Waals surface area (Å²) in [6, 6.07) is 0. The molecule has 0 bridgehead atoms. The van der Waals surface area contributed by atoms with Crippen LogP contribution in [-0.4, -0.2) is 119 Å². The molecule has 16 nitrogen and oxygen atoms in total. The third kappa shape index (κ3) is 16.1. The van der Waals surface area contributed by atoms with Crippen molar-refractivity contribution < 1.29 is 52.0 Å². The van der Waals surface area contributed by atoms with Gasteiger partial charge in [0.15, 0.2) is 17.7 Å². The summed E-state index contributed by atoms with van der Waals surface area (Å²) >= 11 is 6.11. The van der Waals surface area contributed by atoms with Crippen LogP contribution in [0.15, 0.2) is 12.7 Å². The van der Waals surface area contributed by atoms with Gasteiger partial charge >= 0.3 is 15.6 Å². The first-order valence-electron chi connectivity index (χ1n) is 16.8. The quantitative estimate of drug-likeness (QED) is 0.0367. The molecule has 7 atom stereocenters. The number of nitrogen functional groups attached to an aromatic ring is 1. The van der Waals surface area contributed by atoms with Crippen molar-refractivity contribution in [3.8, 4) is 0 Å². The van der Waals surface area contributed by atoms with Gasteiger partial charge in [-0.3, -0.25) is 13.6 Å². The van der Waals surface area contributed by atoms with Gasteiger partial charge in [0.25, 0.3) is 0 Å². The van der Waals surface area contributed by atoms with Gasteiger partial charge in [0.2, 0.25) is 0 Å². The second kappa shape index (κ2) is 23.4. The molecule has 2 aromatic heterocycles. The maximum absolute atomic E-state index is 12.4. The second-order valence-corrected chi connectivity index (χ2v) is 15.7. The number of unbranched alkanes of at least 4 members (excludes halogenated alkanes) is 13. The summed E-state index contributed by atoms with van der Waals surface area (Å²) in [5, 5.41) is 20.1. The fourth-order valence-corrected chi connectivity index (χ4v) is 7.69. The molecule has 7 unspecified atom stereocenters. The molecule has 3 heterocycles. The van der Waals surface area contributed by atoms with Crippen molar-refractivity contribution in [3.05, 3.63) is 12.7 Å². The molecule has 0 spiro atoms. The average molecular weight is 767 g/mol. The third-order valence-corrected chi connectivity index (χ3v) is 10.8. The SMILES string of the molecule is CCCCCCCCCCCCCCCCOCC(Cl)COP(=O)(O)OP(=O)(O)OCC1OC(n2cnc3c(N)ncnc32)C(O)C1O.[Na]. The zero-order valence-corrected chi connectivity index (χ0v) is 33.1. The fourth-order valence-electron chi connectivity index (χ4n) is 5.33. The molecule has 1 fully saturated rings. The van der Waals surface area contributed by atoms with E-state index in [0.717, 1.165) is 19.3 Å². The van der Waals surface area contributed by atoms with Gasteiger partial charge in [-0.1, -0.05) is 90.4 Å². The minimum absolute atomic E-state index is 0. The molecule has 6 N–H and O–H groups in total. The Hall–Kier alpha value is -0.260. The van der Waals surface area contributed by atoms with Crippen molar-refractivity contribution in [2.45, 2.75) is 127 Å². The van der Waals surface area contributed by atoms with Crippen molar-refractivity contribution in [3.63, 3.8) is 0 Å². The number of imidazole rings is 1. The van der Waals surface area contributed by atoms with E-state index in [1.54, 1.807) is 0 Å². The molecule has 277 valence electrons. The topological polar surface area (TPSA) is 231 Å². The van der Waals surface area contributed by atoms with Gasteiger partial charge < -0.3 is 35.2 Å². The molecule has 0 saturated carbocycles. The number of phosphoric acid groups is 2. The van der Waals surface area contributed by atoms with Gasteiger partial charge in [-0.2, -0.15) is 4.31 Å². The van der Waals surface area contributed by atoms with Crippen LogP contribution in [0.2, 0.25) is 0 Å². The van der Waals surface area contributed by atoms with Crippen LogP contribution in [-0.2, 0) is 32.0 Å². The van der Waals surface area contributed by atoms with E-state index >= 15 is 0 Å². The van der Waals surface area contributed by atoms with Gasteiger partial charge in [0, 0.05) is 36.2 Å². The van der Waals surface area contributed by atoms with E-state index in [4.69, 9.17) is 35.9 Å². The van der Waals surface area contributed by atoms with Crippen LogP contribution in [0.1, 0.15) is 103 Å². The van der Waals surface area contributed by atoms with Gasteiger partial charge in [0.1, 0.15) is 30.2 Å². The summed E-state index contributed by atoms with van der Waals surface area (Å²) in [7, 11) is -10.3. The van der Waals surface area contributed by atoms with E-state index < -0.39 is 58.8 Å². The van der Waals surface area contributed by atoms with Crippen LogP contribution in [0.4, 0.5) is 5.82 Å². The molecule has 0 amide bonds. The number of aromatic nitrogens is 4.